The summed E-state index contributed by atoms with van der Waals surface area (Å²) in [4.78, 5) is 5.04. The Hall–Kier alpha value is -3.46. The molecule has 0 saturated carbocycles. The molecule has 0 radical (unpaired) electrons. The first-order valence-corrected chi connectivity index (χ1v) is 12.0. The Morgan fingerprint density at radius 3 is 2.44 bits per heavy atom. The SMILES string of the molecule is Cc1cc(OCCCO)nc(C)c1-c1cccc(COc2ccc(-c3cc(O)n[s+]3[O-])cc2)c1. The molecule has 0 spiro atoms. The molecule has 0 bridgehead atoms. The summed E-state index contributed by atoms with van der Waals surface area (Å²) in [7, 11) is -1.58. The molecular weight excluding hydrogens is 452 g/mol. The van der Waals surface area contributed by atoms with Gasteiger partial charge in [-0.3, -0.25) is 0 Å². The molecule has 7 nitrogen and oxygen atoms in total. The number of ether oxygens (including phenoxy) is 2. The van der Waals surface area contributed by atoms with Gasteiger partial charge in [0.2, 0.25) is 10.8 Å². The van der Waals surface area contributed by atoms with E-state index in [4.69, 9.17) is 14.6 Å². The van der Waals surface area contributed by atoms with Crippen LogP contribution in [0.25, 0.3) is 21.6 Å². The maximum absolute atomic E-state index is 11.9. The normalized spacial score (nSPS) is 11.5. The topological polar surface area (TPSA) is 108 Å². The second-order valence-corrected chi connectivity index (χ2v) is 9.00. The lowest BCUT2D eigenvalue weighted by Gasteiger charge is -2.14. The zero-order valence-electron chi connectivity index (χ0n) is 19.0. The molecule has 4 aromatic rings. The van der Waals surface area contributed by atoms with Crippen LogP contribution in [0.3, 0.4) is 0 Å². The second kappa shape index (κ2) is 10.6. The van der Waals surface area contributed by atoms with Gasteiger partial charge in [0.1, 0.15) is 12.4 Å². The van der Waals surface area contributed by atoms with Crippen LogP contribution in [0.15, 0.2) is 60.7 Å². The molecule has 2 aromatic heterocycles. The largest absolute Gasteiger partial charge is 0.568 e. The third kappa shape index (κ3) is 5.53. The minimum Gasteiger partial charge on any atom is -0.568 e. The number of hydrogen-bond acceptors (Lipinski definition) is 7. The molecule has 0 saturated heterocycles. The van der Waals surface area contributed by atoms with Crippen LogP contribution in [0.1, 0.15) is 23.2 Å². The van der Waals surface area contributed by atoms with Crippen molar-refractivity contribution in [1.82, 2.24) is 9.36 Å². The van der Waals surface area contributed by atoms with Gasteiger partial charge in [-0.05, 0) is 60.9 Å². The van der Waals surface area contributed by atoms with Gasteiger partial charge in [-0.15, -0.1) is 0 Å². The zero-order chi connectivity index (χ0) is 24.1. The van der Waals surface area contributed by atoms with Crippen molar-refractivity contribution in [2.45, 2.75) is 26.9 Å². The number of aromatic hydroxyl groups is 1. The Labute approximate surface area is 201 Å². The highest BCUT2D eigenvalue weighted by atomic mass is 32.2. The summed E-state index contributed by atoms with van der Waals surface area (Å²) in [5.74, 6) is 1.02. The molecular formula is C26H26N2O5S. The predicted octanol–water partition coefficient (Wildman–Crippen LogP) is 5.20. The maximum Gasteiger partial charge on any atom is 0.270 e. The van der Waals surface area contributed by atoms with Gasteiger partial charge < -0.3 is 24.2 Å². The quantitative estimate of drug-likeness (QED) is 0.251. The first kappa shape index (κ1) is 23.7. The minimum absolute atomic E-state index is 0.0908. The van der Waals surface area contributed by atoms with Crippen molar-refractivity contribution < 1.29 is 24.2 Å². The van der Waals surface area contributed by atoms with Gasteiger partial charge in [-0.2, -0.15) is 0 Å². The number of pyridine rings is 1. The van der Waals surface area contributed by atoms with E-state index in [0.717, 1.165) is 33.5 Å². The summed E-state index contributed by atoms with van der Waals surface area (Å²) in [6, 6.07) is 18.7. The zero-order valence-corrected chi connectivity index (χ0v) is 19.8. The Balaban J connectivity index is 1.45. The Bertz CT molecular complexity index is 1250. The average Bonchev–Trinajstić information content (AvgIpc) is 3.16. The van der Waals surface area contributed by atoms with Gasteiger partial charge >= 0.3 is 0 Å². The minimum atomic E-state index is -1.58. The smallest absolute Gasteiger partial charge is 0.270 e. The summed E-state index contributed by atoms with van der Waals surface area (Å²) >= 11 is 0. The number of benzene rings is 2. The maximum atomic E-state index is 11.9. The van der Waals surface area contributed by atoms with E-state index in [1.54, 1.807) is 24.3 Å². The fourth-order valence-electron chi connectivity index (χ4n) is 3.76. The van der Waals surface area contributed by atoms with Crippen LogP contribution >= 0.6 is 10.9 Å². The summed E-state index contributed by atoms with van der Waals surface area (Å²) < 4.78 is 27.1. The van der Waals surface area contributed by atoms with E-state index in [1.807, 2.05) is 32.0 Å². The Morgan fingerprint density at radius 1 is 0.971 bits per heavy atom. The second-order valence-electron chi connectivity index (χ2n) is 7.88. The van der Waals surface area contributed by atoms with Gasteiger partial charge in [-0.1, -0.05) is 18.2 Å². The van der Waals surface area contributed by atoms with Gasteiger partial charge in [-0.25, -0.2) is 4.98 Å². The molecule has 2 heterocycles. The third-order valence-electron chi connectivity index (χ3n) is 5.31. The highest BCUT2D eigenvalue weighted by Gasteiger charge is 2.15. The lowest BCUT2D eigenvalue weighted by molar-refractivity contribution is 0.229. The lowest BCUT2D eigenvalue weighted by Crippen LogP contribution is -2.03. The first-order valence-electron chi connectivity index (χ1n) is 10.9. The number of nitrogens with zero attached hydrogens (tertiary/aromatic N) is 2. The number of aryl methyl sites for hydroxylation is 2. The van der Waals surface area contributed by atoms with Crippen LogP contribution in [0, 0.1) is 13.8 Å². The van der Waals surface area contributed by atoms with Crippen LogP contribution in [0.5, 0.6) is 17.5 Å². The molecule has 1 unspecified atom stereocenters. The first-order chi connectivity index (χ1) is 16.4. The number of rotatable bonds is 9. The molecule has 0 fully saturated rings. The van der Waals surface area contributed by atoms with Crippen molar-refractivity contribution in [1.29, 1.82) is 0 Å². The molecule has 2 aromatic carbocycles. The molecule has 2 N–H and O–H groups in total. The highest BCUT2D eigenvalue weighted by molar-refractivity contribution is 7.23. The Morgan fingerprint density at radius 2 is 1.76 bits per heavy atom. The van der Waals surface area contributed by atoms with Gasteiger partial charge in [0.05, 0.1) is 23.6 Å². The van der Waals surface area contributed by atoms with Crippen molar-refractivity contribution in [3.8, 4) is 39.1 Å². The number of aromatic nitrogens is 2. The van der Waals surface area contributed by atoms with Crippen LogP contribution in [-0.2, 0) is 6.61 Å². The fourth-order valence-corrected chi connectivity index (χ4v) is 4.62. The number of hydrogen-bond donors (Lipinski definition) is 2. The van der Waals surface area contributed by atoms with E-state index in [9.17, 15) is 9.66 Å². The number of aliphatic hydroxyl groups excluding tert-OH is 1. The molecule has 8 heteroatoms. The monoisotopic (exact) mass is 478 g/mol. The van der Waals surface area contributed by atoms with E-state index >= 15 is 0 Å². The van der Waals surface area contributed by atoms with Gasteiger partial charge in [0, 0.05) is 40.3 Å². The van der Waals surface area contributed by atoms with Crippen molar-refractivity contribution in [2.24, 2.45) is 0 Å². The van der Waals surface area contributed by atoms with Gasteiger partial charge in [0.15, 0.2) is 0 Å². The summed E-state index contributed by atoms with van der Waals surface area (Å²) in [6.45, 7) is 4.91. The van der Waals surface area contributed by atoms with Crippen molar-refractivity contribution in [2.75, 3.05) is 13.2 Å². The van der Waals surface area contributed by atoms with E-state index in [1.165, 1.54) is 6.07 Å². The molecule has 0 aliphatic carbocycles. The molecule has 4 rings (SSSR count). The predicted molar refractivity (Wildman–Crippen MR) is 131 cm³/mol. The van der Waals surface area contributed by atoms with Crippen LogP contribution < -0.4 is 9.47 Å². The molecule has 0 amide bonds. The molecule has 176 valence electrons. The molecule has 1 atom stereocenters. The summed E-state index contributed by atoms with van der Waals surface area (Å²) in [5.41, 5.74) is 5.79. The van der Waals surface area contributed by atoms with Gasteiger partial charge in [0.25, 0.3) is 5.88 Å². The van der Waals surface area contributed by atoms with E-state index < -0.39 is 10.9 Å². The molecule has 0 aliphatic heterocycles. The molecule has 0 aliphatic rings. The lowest BCUT2D eigenvalue weighted by atomic mass is 9.98. The standard InChI is InChI=1S/C26H26N2O5S/c1-17-13-25(32-12-4-11-29)27-18(2)26(17)21-6-3-5-19(14-21)16-33-22-9-7-20(8-10-22)23-15-24(30)28-34(23)31/h3,5-10,13-15,29H,4,11-12,16H2,1-2H3,(H,28,30). The van der Waals surface area contributed by atoms with Crippen molar-refractivity contribution >= 4 is 10.9 Å². The summed E-state index contributed by atoms with van der Waals surface area (Å²) in [6.07, 6.45) is 0.571. The van der Waals surface area contributed by atoms with E-state index in [-0.39, 0.29) is 12.5 Å². The third-order valence-corrected chi connectivity index (χ3v) is 6.39. The Kier molecular flexibility index (Phi) is 7.42. The van der Waals surface area contributed by atoms with Crippen LogP contribution in [0.2, 0.25) is 0 Å². The van der Waals surface area contributed by atoms with Crippen molar-refractivity contribution in [3.05, 3.63) is 77.5 Å². The molecule has 34 heavy (non-hydrogen) atoms. The number of aliphatic hydroxyl groups is 1. The van der Waals surface area contributed by atoms with E-state index in [2.05, 4.69) is 21.5 Å². The van der Waals surface area contributed by atoms with Crippen LogP contribution in [-0.4, -0.2) is 37.3 Å². The highest BCUT2D eigenvalue weighted by Crippen LogP contribution is 2.34. The van der Waals surface area contributed by atoms with E-state index in [0.29, 0.717) is 36.1 Å². The average molecular weight is 479 g/mol. The fraction of sp³-hybridized carbons (Fsp3) is 0.231. The van der Waals surface area contributed by atoms with Crippen molar-refractivity contribution in [3.63, 3.8) is 0 Å². The van der Waals surface area contributed by atoms with Crippen LogP contribution in [0.4, 0.5) is 0 Å². The summed E-state index contributed by atoms with van der Waals surface area (Å²) in [5, 5.41) is 18.4.